The van der Waals surface area contributed by atoms with Gasteiger partial charge in [0.15, 0.2) is 0 Å². The van der Waals surface area contributed by atoms with E-state index in [1.54, 1.807) is 0 Å². The lowest BCUT2D eigenvalue weighted by Crippen LogP contribution is -2.27. The van der Waals surface area contributed by atoms with Crippen LogP contribution in [0.3, 0.4) is 0 Å². The fourth-order valence-electron chi connectivity index (χ4n) is 1.81. The number of carboxylic acid groups (broad SMARTS) is 1. The van der Waals surface area contributed by atoms with Crippen LogP contribution in [0.15, 0.2) is 23.1 Å². The zero-order chi connectivity index (χ0) is 16.8. The second-order valence-corrected chi connectivity index (χ2v) is 6.79. The predicted molar refractivity (Wildman–Crippen MR) is 83.8 cm³/mol. The van der Waals surface area contributed by atoms with Crippen LogP contribution in [0.2, 0.25) is 0 Å². The van der Waals surface area contributed by atoms with Gasteiger partial charge >= 0.3 is 5.97 Å². The van der Waals surface area contributed by atoms with Crippen molar-refractivity contribution in [2.45, 2.75) is 31.2 Å². The highest BCUT2D eigenvalue weighted by molar-refractivity contribution is 7.89. The van der Waals surface area contributed by atoms with Gasteiger partial charge in [-0.3, -0.25) is 0 Å². The molecule has 0 atom stereocenters. The number of nitrogens with one attached hydrogen (secondary N) is 2. The lowest BCUT2D eigenvalue weighted by atomic mass is 10.2. The van der Waals surface area contributed by atoms with E-state index < -0.39 is 16.0 Å². The third kappa shape index (κ3) is 5.28. The van der Waals surface area contributed by atoms with Crippen molar-refractivity contribution < 1.29 is 23.1 Å². The molecule has 0 aromatic heterocycles. The predicted octanol–water partition coefficient (Wildman–Crippen LogP) is 1.52. The quantitative estimate of drug-likeness (QED) is 0.593. The van der Waals surface area contributed by atoms with Crippen molar-refractivity contribution >= 4 is 21.7 Å². The summed E-state index contributed by atoms with van der Waals surface area (Å²) in [6, 6.07) is 4.01. The van der Waals surface area contributed by atoms with Gasteiger partial charge in [-0.15, -0.1) is 0 Å². The Morgan fingerprint density at radius 3 is 2.59 bits per heavy atom. The van der Waals surface area contributed by atoms with E-state index >= 15 is 0 Å². The van der Waals surface area contributed by atoms with E-state index in [-0.39, 0.29) is 23.0 Å². The van der Waals surface area contributed by atoms with Crippen LogP contribution >= 0.6 is 0 Å². The number of hydrogen-bond donors (Lipinski definition) is 3. The van der Waals surface area contributed by atoms with Crippen molar-refractivity contribution in [3.63, 3.8) is 0 Å². The van der Waals surface area contributed by atoms with E-state index in [0.717, 1.165) is 6.07 Å². The summed E-state index contributed by atoms with van der Waals surface area (Å²) in [6.07, 6.45) is 0.529. The zero-order valence-corrected chi connectivity index (χ0v) is 13.7. The Balaban J connectivity index is 3.11. The van der Waals surface area contributed by atoms with Crippen molar-refractivity contribution in [3.05, 3.63) is 23.8 Å². The molecule has 8 heteroatoms. The van der Waals surface area contributed by atoms with E-state index in [0.29, 0.717) is 18.7 Å². The molecule has 1 rings (SSSR count). The van der Waals surface area contributed by atoms with Gasteiger partial charge in [0.1, 0.15) is 4.90 Å². The number of methoxy groups -OCH3 is 1. The highest BCUT2D eigenvalue weighted by Gasteiger charge is 2.20. The van der Waals surface area contributed by atoms with Gasteiger partial charge < -0.3 is 15.2 Å². The molecule has 3 N–H and O–H groups in total. The first-order valence-corrected chi connectivity index (χ1v) is 8.38. The second-order valence-electron chi connectivity index (χ2n) is 5.06. The number of benzene rings is 1. The molecule has 7 nitrogen and oxygen atoms in total. The first-order valence-electron chi connectivity index (χ1n) is 6.90. The van der Waals surface area contributed by atoms with Gasteiger partial charge in [-0.1, -0.05) is 0 Å². The molecule has 0 amide bonds. The summed E-state index contributed by atoms with van der Waals surface area (Å²) in [6.45, 7) is 4.39. The fourth-order valence-corrected chi connectivity index (χ4v) is 3.08. The Bertz CT molecular complexity index is 614. The van der Waals surface area contributed by atoms with Gasteiger partial charge in [0.25, 0.3) is 0 Å². The van der Waals surface area contributed by atoms with Crippen LogP contribution in [0, 0.1) is 0 Å². The molecule has 0 spiro atoms. The Morgan fingerprint density at radius 2 is 2.05 bits per heavy atom. The minimum absolute atomic E-state index is 0.0121. The topological polar surface area (TPSA) is 105 Å². The van der Waals surface area contributed by atoms with Crippen LogP contribution in [-0.2, 0) is 14.8 Å². The van der Waals surface area contributed by atoms with Gasteiger partial charge in [0.05, 0.1) is 11.3 Å². The van der Waals surface area contributed by atoms with Crippen LogP contribution in [0.1, 0.15) is 30.6 Å². The normalized spacial score (nSPS) is 11.6. The standard InChI is InChI=1S/C14H22N2O5S/c1-10(2)16-12-6-5-11(14(17)18)9-13(12)22(19,20)15-7-4-8-21-3/h5-6,9-10,15-16H,4,7-8H2,1-3H3,(H,17,18). The zero-order valence-electron chi connectivity index (χ0n) is 12.9. The average molecular weight is 330 g/mol. The van der Waals surface area contributed by atoms with E-state index in [9.17, 15) is 13.2 Å². The maximum Gasteiger partial charge on any atom is 0.335 e. The summed E-state index contributed by atoms with van der Waals surface area (Å²) in [7, 11) is -2.27. The molecule has 124 valence electrons. The number of ether oxygens (including phenoxy) is 1. The molecule has 0 aliphatic rings. The van der Waals surface area contributed by atoms with E-state index in [4.69, 9.17) is 9.84 Å². The molecule has 0 aliphatic carbocycles. The maximum atomic E-state index is 12.4. The van der Waals surface area contributed by atoms with Crippen LogP contribution in [0.4, 0.5) is 5.69 Å². The van der Waals surface area contributed by atoms with Gasteiger partial charge in [-0.2, -0.15) is 0 Å². The van der Waals surface area contributed by atoms with Gasteiger partial charge in [-0.05, 0) is 38.5 Å². The monoisotopic (exact) mass is 330 g/mol. The Labute approximate surface area is 130 Å². The number of anilines is 1. The molecule has 0 saturated heterocycles. The molecule has 0 saturated carbocycles. The number of rotatable bonds is 9. The van der Waals surface area contributed by atoms with Crippen molar-refractivity contribution in [1.82, 2.24) is 4.72 Å². The SMILES string of the molecule is COCCCNS(=O)(=O)c1cc(C(=O)O)ccc1NC(C)C. The molecule has 1 aromatic rings. The van der Waals surface area contributed by atoms with Crippen molar-refractivity contribution in [2.24, 2.45) is 0 Å². The lowest BCUT2D eigenvalue weighted by molar-refractivity contribution is 0.0696. The van der Waals surface area contributed by atoms with Crippen molar-refractivity contribution in [3.8, 4) is 0 Å². The molecular weight excluding hydrogens is 308 g/mol. The molecule has 1 aromatic carbocycles. The molecule has 0 aliphatic heterocycles. The van der Waals surface area contributed by atoms with Gasteiger partial charge in [0, 0.05) is 26.3 Å². The summed E-state index contributed by atoms with van der Waals surface area (Å²) >= 11 is 0. The number of carbonyl (C=O) groups is 1. The summed E-state index contributed by atoms with van der Waals surface area (Å²) in [5.41, 5.74) is 0.297. The number of aromatic carboxylic acids is 1. The molecule has 0 fully saturated rings. The van der Waals surface area contributed by atoms with Crippen molar-refractivity contribution in [2.75, 3.05) is 25.6 Å². The minimum atomic E-state index is -3.80. The van der Waals surface area contributed by atoms with Gasteiger partial charge in [0.2, 0.25) is 10.0 Å². The molecular formula is C14H22N2O5S. The van der Waals surface area contributed by atoms with E-state index in [1.165, 1.54) is 19.2 Å². The van der Waals surface area contributed by atoms with Crippen molar-refractivity contribution in [1.29, 1.82) is 0 Å². The first-order chi connectivity index (χ1) is 10.3. The lowest BCUT2D eigenvalue weighted by Gasteiger charge is -2.16. The largest absolute Gasteiger partial charge is 0.478 e. The molecule has 0 unspecified atom stereocenters. The van der Waals surface area contributed by atoms with E-state index in [1.807, 2.05) is 13.8 Å². The molecule has 22 heavy (non-hydrogen) atoms. The van der Waals surface area contributed by atoms with Crippen LogP contribution in [-0.4, -0.2) is 45.8 Å². The minimum Gasteiger partial charge on any atom is -0.478 e. The first kappa shape index (κ1) is 18.4. The summed E-state index contributed by atoms with van der Waals surface area (Å²) < 4.78 is 32.1. The Kier molecular flexibility index (Phi) is 6.79. The van der Waals surface area contributed by atoms with Gasteiger partial charge in [-0.25, -0.2) is 17.9 Å². The average Bonchev–Trinajstić information content (AvgIpc) is 2.43. The van der Waals surface area contributed by atoms with Crippen LogP contribution < -0.4 is 10.0 Å². The smallest absolute Gasteiger partial charge is 0.335 e. The third-order valence-corrected chi connectivity index (χ3v) is 4.28. The molecule has 0 heterocycles. The third-order valence-electron chi connectivity index (χ3n) is 2.78. The molecule has 0 radical (unpaired) electrons. The summed E-state index contributed by atoms with van der Waals surface area (Å²) in [4.78, 5) is 11.0. The van der Waals surface area contributed by atoms with Crippen LogP contribution in [0.25, 0.3) is 0 Å². The summed E-state index contributed by atoms with van der Waals surface area (Å²) in [5.74, 6) is -1.17. The highest BCUT2D eigenvalue weighted by Crippen LogP contribution is 2.23. The second kappa shape index (κ2) is 8.11. The van der Waals surface area contributed by atoms with Crippen LogP contribution in [0.5, 0.6) is 0 Å². The van der Waals surface area contributed by atoms with E-state index in [2.05, 4.69) is 10.0 Å². The Morgan fingerprint density at radius 1 is 1.36 bits per heavy atom. The summed E-state index contributed by atoms with van der Waals surface area (Å²) in [5, 5.41) is 12.1. The maximum absolute atomic E-state index is 12.4. The highest BCUT2D eigenvalue weighted by atomic mass is 32.2. The number of hydrogen-bond acceptors (Lipinski definition) is 5. The Hall–Kier alpha value is -1.64. The fraction of sp³-hybridized carbons (Fsp3) is 0.500. The number of carboxylic acids is 1. The molecule has 0 bridgehead atoms. The number of sulfonamides is 1.